The molecular formula is C26H29F6NO5S. The Morgan fingerprint density at radius 3 is 2.33 bits per heavy atom. The fraction of sp³-hybridized carbons (Fsp3) is 0.500. The standard InChI is InChI=1S/C26H29F6NO5S/c1-4-8-17-15-16(13-14-33(17)24(34)25(27,28)29)22-18(9-5-2)20(10-6-3)37-23-19(22)11-7-12-21(23)38-39(35,36)26(30,31)32/h7,9-12,17H,4-6,8,13-15H2,1-3H3/b18-9+,20-10+,22-16+. The van der Waals surface area contributed by atoms with E-state index in [1.54, 1.807) is 19.9 Å². The number of likely N-dealkylation sites (tertiary alicyclic amines) is 1. The highest BCUT2D eigenvalue weighted by Crippen LogP contribution is 2.50. The second kappa shape index (κ2) is 11.6. The molecule has 0 bridgehead atoms. The quantitative estimate of drug-likeness (QED) is 0.205. The van der Waals surface area contributed by atoms with E-state index in [9.17, 15) is 39.6 Å². The average molecular weight is 582 g/mol. The summed E-state index contributed by atoms with van der Waals surface area (Å²) < 4.78 is 113. The predicted octanol–water partition coefficient (Wildman–Crippen LogP) is 7.04. The van der Waals surface area contributed by atoms with Crippen molar-refractivity contribution >= 4 is 21.6 Å². The Labute approximate surface area is 223 Å². The molecule has 39 heavy (non-hydrogen) atoms. The van der Waals surface area contributed by atoms with Crippen molar-refractivity contribution in [3.05, 3.63) is 52.8 Å². The van der Waals surface area contributed by atoms with Crippen molar-refractivity contribution in [3.63, 3.8) is 0 Å². The van der Waals surface area contributed by atoms with Gasteiger partial charge in [-0.25, -0.2) is 0 Å². The van der Waals surface area contributed by atoms with Crippen LogP contribution in [0.25, 0.3) is 5.57 Å². The first-order valence-electron chi connectivity index (χ1n) is 12.5. The minimum atomic E-state index is -6.01. The van der Waals surface area contributed by atoms with Gasteiger partial charge in [0.15, 0.2) is 11.5 Å². The molecule has 216 valence electrons. The molecule has 13 heteroatoms. The summed E-state index contributed by atoms with van der Waals surface area (Å²) in [7, 11) is -6.01. The molecule has 2 heterocycles. The Hall–Kier alpha value is -2.96. The Morgan fingerprint density at radius 2 is 1.77 bits per heavy atom. The van der Waals surface area contributed by atoms with Gasteiger partial charge in [0.2, 0.25) is 0 Å². The van der Waals surface area contributed by atoms with E-state index in [-0.39, 0.29) is 36.5 Å². The van der Waals surface area contributed by atoms with E-state index >= 15 is 0 Å². The van der Waals surface area contributed by atoms with Gasteiger partial charge in [0.05, 0.1) is 0 Å². The SMILES string of the molecule is CC/C=C1C(=C/CC)\Oc2c(OS(=O)(=O)C(F)(F)F)cccc2C\1=C1/CCN(C(=O)C(F)(F)F)C(CCC)C1. The largest absolute Gasteiger partial charge is 0.534 e. The number of amides is 1. The second-order valence-electron chi connectivity index (χ2n) is 9.09. The topological polar surface area (TPSA) is 72.9 Å². The zero-order valence-electron chi connectivity index (χ0n) is 21.6. The molecule has 1 saturated heterocycles. The molecule has 0 radical (unpaired) electrons. The first-order valence-corrected chi connectivity index (χ1v) is 13.9. The summed E-state index contributed by atoms with van der Waals surface area (Å²) in [6.07, 6.45) is 0.454. The molecule has 0 aliphatic carbocycles. The molecule has 1 aromatic rings. The number of carbonyl (C=O) groups excluding carboxylic acids is 1. The van der Waals surface area contributed by atoms with Gasteiger partial charge in [-0.05, 0) is 49.8 Å². The van der Waals surface area contributed by atoms with Crippen LogP contribution in [-0.4, -0.2) is 43.5 Å². The van der Waals surface area contributed by atoms with Crippen LogP contribution < -0.4 is 8.92 Å². The number of para-hydroxylation sites is 1. The van der Waals surface area contributed by atoms with Gasteiger partial charge in [-0.3, -0.25) is 4.79 Å². The van der Waals surface area contributed by atoms with Crippen LogP contribution in [0.5, 0.6) is 11.5 Å². The van der Waals surface area contributed by atoms with Gasteiger partial charge < -0.3 is 13.8 Å². The number of piperidine rings is 1. The maximum atomic E-state index is 13.3. The van der Waals surface area contributed by atoms with Gasteiger partial charge in [-0.1, -0.05) is 51.0 Å². The zero-order chi connectivity index (χ0) is 29.2. The number of hydrogen-bond donors (Lipinski definition) is 0. The minimum absolute atomic E-state index is 0.0726. The Kier molecular flexibility index (Phi) is 9.13. The molecule has 0 saturated carbocycles. The molecule has 1 amide bonds. The van der Waals surface area contributed by atoms with Crippen LogP contribution in [0, 0.1) is 0 Å². The summed E-state index contributed by atoms with van der Waals surface area (Å²) in [6, 6.07) is 3.12. The molecule has 3 rings (SSSR count). The van der Waals surface area contributed by atoms with Crippen LogP contribution in [-0.2, 0) is 14.9 Å². The van der Waals surface area contributed by atoms with Gasteiger partial charge in [0.1, 0.15) is 5.76 Å². The molecule has 2 aliphatic heterocycles. The molecule has 1 aromatic carbocycles. The molecule has 1 fully saturated rings. The maximum Gasteiger partial charge on any atom is 0.534 e. The number of alkyl halides is 6. The third kappa shape index (κ3) is 6.44. The number of carbonyl (C=O) groups is 1. The van der Waals surface area contributed by atoms with Crippen LogP contribution in [0.2, 0.25) is 0 Å². The van der Waals surface area contributed by atoms with Gasteiger partial charge in [0, 0.05) is 23.7 Å². The second-order valence-corrected chi connectivity index (χ2v) is 10.6. The summed E-state index contributed by atoms with van der Waals surface area (Å²) in [5, 5.41) is 0. The van der Waals surface area contributed by atoms with Crippen molar-refractivity contribution < 1.29 is 48.5 Å². The predicted molar refractivity (Wildman–Crippen MR) is 132 cm³/mol. The molecule has 6 nitrogen and oxygen atoms in total. The van der Waals surface area contributed by atoms with Gasteiger partial charge in [-0.15, -0.1) is 0 Å². The Morgan fingerprint density at radius 1 is 1.10 bits per heavy atom. The van der Waals surface area contributed by atoms with Crippen molar-refractivity contribution in [2.75, 3.05) is 6.54 Å². The number of fused-ring (bicyclic) bond motifs is 1. The van der Waals surface area contributed by atoms with E-state index in [0.717, 1.165) is 11.0 Å². The van der Waals surface area contributed by atoms with Crippen molar-refractivity contribution in [2.24, 2.45) is 0 Å². The molecule has 1 atom stereocenters. The molecule has 0 N–H and O–H groups in total. The number of benzene rings is 1. The summed E-state index contributed by atoms with van der Waals surface area (Å²) in [4.78, 5) is 13.0. The monoisotopic (exact) mass is 581 g/mol. The minimum Gasteiger partial charge on any atom is -0.452 e. The fourth-order valence-corrected chi connectivity index (χ4v) is 5.25. The number of allylic oxidation sites excluding steroid dienone is 3. The summed E-state index contributed by atoms with van der Waals surface area (Å²) in [5.74, 6) is -2.58. The lowest BCUT2D eigenvalue weighted by Crippen LogP contribution is -2.50. The van der Waals surface area contributed by atoms with Crippen LogP contribution >= 0.6 is 0 Å². The van der Waals surface area contributed by atoms with Gasteiger partial charge in [-0.2, -0.15) is 34.8 Å². The van der Waals surface area contributed by atoms with Crippen LogP contribution in [0.4, 0.5) is 26.3 Å². The van der Waals surface area contributed by atoms with Crippen LogP contribution in [0.15, 0.2) is 47.3 Å². The third-order valence-corrected chi connectivity index (χ3v) is 7.30. The number of nitrogens with zero attached hydrogens (tertiary/aromatic N) is 1. The van der Waals surface area contributed by atoms with Crippen molar-refractivity contribution in [3.8, 4) is 11.5 Å². The lowest BCUT2D eigenvalue weighted by atomic mass is 9.82. The highest BCUT2D eigenvalue weighted by molar-refractivity contribution is 7.88. The van der Waals surface area contributed by atoms with Crippen molar-refractivity contribution in [2.45, 2.75) is 77.0 Å². The van der Waals surface area contributed by atoms with Crippen molar-refractivity contribution in [1.82, 2.24) is 4.90 Å². The molecule has 0 spiro atoms. The van der Waals surface area contributed by atoms with E-state index in [4.69, 9.17) is 4.74 Å². The van der Waals surface area contributed by atoms with E-state index in [1.807, 2.05) is 13.0 Å². The van der Waals surface area contributed by atoms with Crippen LogP contribution in [0.1, 0.15) is 64.9 Å². The van der Waals surface area contributed by atoms with E-state index < -0.39 is 39.5 Å². The van der Waals surface area contributed by atoms with Crippen molar-refractivity contribution in [1.29, 1.82) is 0 Å². The van der Waals surface area contributed by atoms with E-state index in [2.05, 4.69) is 4.18 Å². The highest BCUT2D eigenvalue weighted by Gasteiger charge is 2.49. The normalized spacial score (nSPS) is 22.6. The fourth-order valence-electron chi connectivity index (χ4n) is 4.79. The Bertz CT molecular complexity index is 1290. The van der Waals surface area contributed by atoms with E-state index in [0.29, 0.717) is 42.4 Å². The molecular weight excluding hydrogens is 552 g/mol. The molecule has 1 unspecified atom stereocenters. The Balaban J connectivity index is 2.23. The first-order chi connectivity index (χ1) is 18.2. The summed E-state index contributed by atoms with van der Waals surface area (Å²) in [6.45, 7) is 5.24. The number of halogens is 6. The lowest BCUT2D eigenvalue weighted by Gasteiger charge is -2.39. The number of hydrogen-bond acceptors (Lipinski definition) is 5. The van der Waals surface area contributed by atoms with E-state index in [1.165, 1.54) is 12.1 Å². The summed E-state index contributed by atoms with van der Waals surface area (Å²) >= 11 is 0. The maximum absolute atomic E-state index is 13.3. The van der Waals surface area contributed by atoms with Gasteiger partial charge in [0.25, 0.3) is 0 Å². The molecule has 0 aromatic heterocycles. The average Bonchev–Trinajstić information content (AvgIpc) is 2.83. The smallest absolute Gasteiger partial charge is 0.452 e. The first kappa shape index (κ1) is 30.6. The van der Waals surface area contributed by atoms with Gasteiger partial charge >= 0.3 is 27.7 Å². The molecule has 2 aliphatic rings. The lowest BCUT2D eigenvalue weighted by molar-refractivity contribution is -0.188. The third-order valence-electron chi connectivity index (χ3n) is 6.33. The number of ether oxygens (including phenoxy) is 1. The number of rotatable bonds is 6. The summed E-state index contributed by atoms with van der Waals surface area (Å²) in [5.41, 5.74) is -3.64. The highest BCUT2D eigenvalue weighted by atomic mass is 32.2. The zero-order valence-corrected chi connectivity index (χ0v) is 22.4. The van der Waals surface area contributed by atoms with Crippen LogP contribution in [0.3, 0.4) is 0 Å².